The highest BCUT2D eigenvalue weighted by molar-refractivity contribution is 7.89. The first-order valence-electron chi connectivity index (χ1n) is 8.95. The maximum absolute atomic E-state index is 13.2. The lowest BCUT2D eigenvalue weighted by atomic mass is 10.1. The van der Waals surface area contributed by atoms with Crippen LogP contribution in [0.3, 0.4) is 0 Å². The van der Waals surface area contributed by atoms with Gasteiger partial charge in [0.25, 0.3) is 0 Å². The van der Waals surface area contributed by atoms with E-state index >= 15 is 0 Å². The van der Waals surface area contributed by atoms with E-state index < -0.39 is 24.4 Å². The quantitative estimate of drug-likeness (QED) is 0.431. The van der Waals surface area contributed by atoms with Crippen molar-refractivity contribution in [2.75, 3.05) is 6.61 Å². The summed E-state index contributed by atoms with van der Waals surface area (Å²) in [5.74, 6) is 2.62. The highest BCUT2D eigenvalue weighted by Gasteiger charge is 2.56. The van der Waals surface area contributed by atoms with Gasteiger partial charge in [0.05, 0.1) is 17.5 Å². The molecule has 0 amide bonds. The molecule has 0 aliphatic carbocycles. The molecule has 1 aliphatic heterocycles. The first-order chi connectivity index (χ1) is 11.7. The molecule has 1 aliphatic rings. The van der Waals surface area contributed by atoms with Gasteiger partial charge in [-0.3, -0.25) is 0 Å². The molecule has 6 heteroatoms. The summed E-state index contributed by atoms with van der Waals surface area (Å²) in [5, 5.41) is 0.0708. The Kier molecular flexibility index (Phi) is 5.53. The van der Waals surface area contributed by atoms with Crippen molar-refractivity contribution in [1.29, 1.82) is 0 Å². The highest BCUT2D eigenvalue weighted by Crippen LogP contribution is 2.41. The zero-order chi connectivity index (χ0) is 20.1. The smallest absolute Gasteiger partial charge is 0.245 e. The van der Waals surface area contributed by atoms with E-state index in [1.807, 2.05) is 32.9 Å². The average molecular weight is 394 g/mol. The normalized spacial score (nSPS) is 23.6. The number of nitrogens with zero attached hydrogens (tertiary/aromatic N) is 1. The molecule has 26 heavy (non-hydrogen) atoms. The van der Waals surface area contributed by atoms with E-state index in [9.17, 15) is 8.42 Å². The fourth-order valence-corrected chi connectivity index (χ4v) is 6.26. The molecule has 0 aromatic heterocycles. The Labute approximate surface area is 160 Å². The predicted octanol–water partition coefficient (Wildman–Crippen LogP) is 4.01. The molecule has 4 nitrogen and oxygen atoms in total. The van der Waals surface area contributed by atoms with Crippen LogP contribution in [0.5, 0.6) is 0 Å². The zero-order valence-corrected chi connectivity index (χ0v) is 19.0. The molecule has 0 spiro atoms. The van der Waals surface area contributed by atoms with Crippen molar-refractivity contribution in [1.82, 2.24) is 4.31 Å². The Morgan fingerprint density at radius 3 is 2.12 bits per heavy atom. The Morgan fingerprint density at radius 1 is 1.19 bits per heavy atom. The molecule has 1 aromatic rings. The maximum Gasteiger partial charge on any atom is 0.245 e. The van der Waals surface area contributed by atoms with Gasteiger partial charge in [-0.15, -0.1) is 6.42 Å². The average Bonchev–Trinajstić information content (AvgIpc) is 3.16. The van der Waals surface area contributed by atoms with Gasteiger partial charge in [-0.05, 0) is 50.0 Å². The Balaban J connectivity index is 2.28. The lowest BCUT2D eigenvalue weighted by Crippen LogP contribution is -2.42. The molecule has 1 fully saturated rings. The maximum atomic E-state index is 13.2. The lowest BCUT2D eigenvalue weighted by Gasteiger charge is -2.36. The van der Waals surface area contributed by atoms with Crippen LogP contribution < -0.4 is 0 Å². The number of sulfonamides is 1. The van der Waals surface area contributed by atoms with Crippen LogP contribution in [0.2, 0.25) is 18.1 Å². The SMILES string of the molecule is C#C[C@@H]1[C@H](CO[Si](C)(C)C(C)(C)C)N1S(=O)(=O)c1c(C)cc(C)cc1C. The third kappa shape index (κ3) is 3.77. The van der Waals surface area contributed by atoms with Crippen LogP contribution in [-0.4, -0.2) is 39.7 Å². The molecule has 144 valence electrons. The van der Waals surface area contributed by atoms with Gasteiger partial charge in [0.1, 0.15) is 6.04 Å². The van der Waals surface area contributed by atoms with Crippen LogP contribution in [0.25, 0.3) is 0 Å². The summed E-state index contributed by atoms with van der Waals surface area (Å²) < 4.78 is 34.1. The monoisotopic (exact) mass is 393 g/mol. The van der Waals surface area contributed by atoms with E-state index in [2.05, 4.69) is 39.8 Å². The number of rotatable bonds is 5. The van der Waals surface area contributed by atoms with Crippen LogP contribution in [0.15, 0.2) is 17.0 Å². The molecule has 1 saturated heterocycles. The van der Waals surface area contributed by atoms with Crippen molar-refractivity contribution >= 4 is 18.3 Å². The van der Waals surface area contributed by atoms with Crippen LogP contribution in [0, 0.1) is 33.1 Å². The molecule has 3 atom stereocenters. The van der Waals surface area contributed by atoms with Crippen molar-refractivity contribution in [3.8, 4) is 12.3 Å². The standard InChI is InChI=1S/C20H31NO3SSi/c1-10-17-18(13-24-26(8,9)20(5,6)7)21(17)25(22,23)19-15(3)11-14(2)12-16(19)4/h1,11-12,17-18H,13H2,2-9H3/t17-,18+,21?/m1/s1. The second-order valence-corrected chi connectivity index (χ2v) is 15.4. The van der Waals surface area contributed by atoms with E-state index in [1.54, 1.807) is 0 Å². The van der Waals surface area contributed by atoms with E-state index in [0.29, 0.717) is 11.5 Å². The minimum Gasteiger partial charge on any atom is -0.415 e. The molecule has 0 bridgehead atoms. The van der Waals surface area contributed by atoms with Crippen molar-refractivity contribution in [2.45, 2.75) is 76.7 Å². The van der Waals surface area contributed by atoms with Crippen LogP contribution in [0.1, 0.15) is 37.5 Å². The second kappa shape index (κ2) is 6.79. The summed E-state index contributed by atoms with van der Waals surface area (Å²) in [4.78, 5) is 0.373. The third-order valence-corrected chi connectivity index (χ3v) is 12.3. The van der Waals surface area contributed by atoms with Gasteiger partial charge < -0.3 is 4.43 Å². The molecule has 0 radical (unpaired) electrons. The number of aryl methyl sites for hydroxylation is 3. The van der Waals surface area contributed by atoms with E-state index in [4.69, 9.17) is 10.8 Å². The number of terminal acetylenes is 1. The van der Waals surface area contributed by atoms with E-state index in [0.717, 1.165) is 16.7 Å². The minimum atomic E-state index is -3.63. The van der Waals surface area contributed by atoms with E-state index in [-0.39, 0.29) is 11.1 Å². The van der Waals surface area contributed by atoms with Gasteiger partial charge >= 0.3 is 0 Å². The van der Waals surface area contributed by atoms with E-state index in [1.165, 1.54) is 4.31 Å². The summed E-state index contributed by atoms with van der Waals surface area (Å²) in [7, 11) is -5.59. The highest BCUT2D eigenvalue weighted by atomic mass is 32.2. The Hall–Kier alpha value is -1.13. The first kappa shape index (κ1) is 21.2. The van der Waals surface area contributed by atoms with Crippen molar-refractivity contribution in [3.63, 3.8) is 0 Å². The van der Waals surface area contributed by atoms with Crippen molar-refractivity contribution in [2.24, 2.45) is 0 Å². The summed E-state index contributed by atoms with van der Waals surface area (Å²) in [6.07, 6.45) is 5.61. The zero-order valence-electron chi connectivity index (χ0n) is 17.2. The van der Waals surface area contributed by atoms with Gasteiger partial charge in [0, 0.05) is 0 Å². The molecule has 1 aromatic carbocycles. The van der Waals surface area contributed by atoms with Gasteiger partial charge in [0.2, 0.25) is 10.0 Å². The third-order valence-electron chi connectivity index (χ3n) is 5.61. The molecular weight excluding hydrogens is 362 g/mol. The lowest BCUT2D eigenvalue weighted by molar-refractivity contribution is 0.281. The summed E-state index contributed by atoms with van der Waals surface area (Å²) in [5.41, 5.74) is 2.57. The van der Waals surface area contributed by atoms with Crippen LogP contribution in [0.4, 0.5) is 0 Å². The molecular formula is C20H31NO3SSi. The fourth-order valence-electron chi connectivity index (χ4n) is 3.12. The number of hydrogen-bond donors (Lipinski definition) is 0. The van der Waals surface area contributed by atoms with Crippen LogP contribution >= 0.6 is 0 Å². The minimum absolute atomic E-state index is 0.0708. The molecule has 2 rings (SSSR count). The predicted molar refractivity (Wildman–Crippen MR) is 109 cm³/mol. The molecule has 0 saturated carbocycles. The number of benzene rings is 1. The molecule has 0 N–H and O–H groups in total. The van der Waals surface area contributed by atoms with Gasteiger partial charge in [-0.2, -0.15) is 4.31 Å². The summed E-state index contributed by atoms with van der Waals surface area (Å²) in [6.45, 7) is 16.8. The van der Waals surface area contributed by atoms with Crippen LogP contribution in [-0.2, 0) is 14.4 Å². The van der Waals surface area contributed by atoms with Gasteiger partial charge in [0.15, 0.2) is 8.32 Å². The molecule has 1 unspecified atom stereocenters. The van der Waals surface area contributed by atoms with Gasteiger partial charge in [-0.1, -0.05) is 44.4 Å². The van der Waals surface area contributed by atoms with Gasteiger partial charge in [-0.25, -0.2) is 8.42 Å². The Morgan fingerprint density at radius 2 is 1.69 bits per heavy atom. The second-order valence-electron chi connectivity index (χ2n) is 8.81. The summed E-state index contributed by atoms with van der Waals surface area (Å²) >= 11 is 0. The number of hydrogen-bond acceptors (Lipinski definition) is 3. The topological polar surface area (TPSA) is 46.4 Å². The first-order valence-corrected chi connectivity index (χ1v) is 13.3. The summed E-state index contributed by atoms with van der Waals surface area (Å²) in [6, 6.07) is 3.09. The van der Waals surface area contributed by atoms with Crippen molar-refractivity contribution < 1.29 is 12.8 Å². The molecule has 1 heterocycles. The van der Waals surface area contributed by atoms with Crippen molar-refractivity contribution in [3.05, 3.63) is 28.8 Å². The Bertz CT molecular complexity index is 824. The fraction of sp³-hybridized carbons (Fsp3) is 0.600. The largest absolute Gasteiger partial charge is 0.415 e.